The van der Waals surface area contributed by atoms with Gasteiger partial charge in [0.2, 0.25) is 0 Å². The van der Waals surface area contributed by atoms with Crippen LogP contribution in [0.5, 0.6) is 5.75 Å². The lowest BCUT2D eigenvalue weighted by Gasteiger charge is -2.07. The summed E-state index contributed by atoms with van der Waals surface area (Å²) < 4.78 is 18.2. The Morgan fingerprint density at radius 3 is 2.52 bits per heavy atom. The number of aliphatic imine (C=N–C) groups is 1. The minimum atomic E-state index is -0.209. The van der Waals surface area contributed by atoms with Crippen LogP contribution in [0.4, 0.5) is 4.39 Å². The van der Waals surface area contributed by atoms with Gasteiger partial charge in [-0.15, -0.1) is 24.0 Å². The number of rotatable bonds is 7. The molecule has 0 amide bonds. The van der Waals surface area contributed by atoms with Gasteiger partial charge in [-0.3, -0.25) is 4.99 Å². The third kappa shape index (κ3) is 7.29. The quantitative estimate of drug-likeness (QED) is 0.381. The average Bonchev–Trinajstić information content (AvgIpc) is 2.57. The minimum absolute atomic E-state index is 0. The summed E-state index contributed by atoms with van der Waals surface area (Å²) >= 11 is 0. The van der Waals surface area contributed by atoms with Crippen molar-refractivity contribution < 1.29 is 9.13 Å². The molecular formula is C19H25FIN3O. The van der Waals surface area contributed by atoms with E-state index in [1.54, 1.807) is 13.2 Å². The smallest absolute Gasteiger partial charge is 0.188 e. The van der Waals surface area contributed by atoms with E-state index in [0.29, 0.717) is 12.5 Å². The van der Waals surface area contributed by atoms with Crippen LogP contribution in [0.15, 0.2) is 47.5 Å². The lowest BCUT2D eigenvalue weighted by Crippen LogP contribution is -2.33. The second-order valence-electron chi connectivity index (χ2n) is 5.61. The van der Waals surface area contributed by atoms with E-state index in [1.807, 2.05) is 31.2 Å². The number of nitrogens with two attached hydrogens (primary N) is 1. The van der Waals surface area contributed by atoms with E-state index in [9.17, 15) is 4.39 Å². The Kier molecular flexibility index (Phi) is 9.26. The zero-order valence-electron chi connectivity index (χ0n) is 14.6. The average molecular weight is 457 g/mol. The molecule has 0 aliphatic carbocycles. The summed E-state index contributed by atoms with van der Waals surface area (Å²) in [6.45, 7) is 3.20. The van der Waals surface area contributed by atoms with Crippen LogP contribution < -0.4 is 15.8 Å². The fraction of sp³-hybridized carbons (Fsp3) is 0.316. The summed E-state index contributed by atoms with van der Waals surface area (Å²) in [7, 11) is 1.65. The van der Waals surface area contributed by atoms with Crippen molar-refractivity contribution >= 4 is 29.9 Å². The Balaban J connectivity index is 0.00000312. The van der Waals surface area contributed by atoms with Crippen molar-refractivity contribution in [3.63, 3.8) is 0 Å². The Hall–Kier alpha value is -1.83. The van der Waals surface area contributed by atoms with E-state index >= 15 is 0 Å². The molecule has 2 rings (SSSR count). The maximum Gasteiger partial charge on any atom is 0.188 e. The zero-order chi connectivity index (χ0) is 17.4. The van der Waals surface area contributed by atoms with E-state index in [0.717, 1.165) is 36.3 Å². The molecule has 6 heteroatoms. The largest absolute Gasteiger partial charge is 0.497 e. The van der Waals surface area contributed by atoms with E-state index in [2.05, 4.69) is 10.3 Å². The summed E-state index contributed by atoms with van der Waals surface area (Å²) in [6, 6.07) is 12.8. The van der Waals surface area contributed by atoms with Gasteiger partial charge in [0.15, 0.2) is 5.96 Å². The normalized spacial score (nSPS) is 10.9. The maximum atomic E-state index is 13.1. The number of nitrogens with one attached hydrogen (secondary N) is 1. The highest BCUT2D eigenvalue weighted by Gasteiger charge is 2.00. The van der Waals surface area contributed by atoms with Gasteiger partial charge in [0.05, 0.1) is 7.11 Å². The topological polar surface area (TPSA) is 59.6 Å². The fourth-order valence-corrected chi connectivity index (χ4v) is 2.42. The molecule has 4 nitrogen and oxygen atoms in total. The number of halogens is 2. The summed E-state index contributed by atoms with van der Waals surface area (Å²) in [5, 5.41) is 3.11. The molecule has 0 bridgehead atoms. The predicted octanol–water partition coefficient (Wildman–Crippen LogP) is 3.45. The van der Waals surface area contributed by atoms with Crippen LogP contribution in [0.1, 0.15) is 16.7 Å². The highest BCUT2D eigenvalue weighted by molar-refractivity contribution is 14.0. The second kappa shape index (κ2) is 10.9. The van der Waals surface area contributed by atoms with Crippen molar-refractivity contribution in [3.05, 3.63) is 65.0 Å². The van der Waals surface area contributed by atoms with E-state index in [4.69, 9.17) is 10.5 Å². The minimum Gasteiger partial charge on any atom is -0.497 e. The molecule has 0 spiro atoms. The van der Waals surface area contributed by atoms with E-state index in [1.165, 1.54) is 17.7 Å². The van der Waals surface area contributed by atoms with Crippen LogP contribution in [-0.4, -0.2) is 26.2 Å². The lowest BCUT2D eigenvalue weighted by molar-refractivity contribution is 0.414. The van der Waals surface area contributed by atoms with Crippen LogP contribution in [0.3, 0.4) is 0 Å². The number of benzene rings is 2. The summed E-state index contributed by atoms with van der Waals surface area (Å²) in [4.78, 5) is 4.31. The first-order chi connectivity index (χ1) is 11.6. The number of ether oxygens (including phenoxy) is 1. The molecule has 0 unspecified atom stereocenters. The van der Waals surface area contributed by atoms with Crippen LogP contribution in [-0.2, 0) is 12.8 Å². The second-order valence-corrected chi connectivity index (χ2v) is 5.61. The molecule has 25 heavy (non-hydrogen) atoms. The SMILES string of the molecule is COc1ccc(CCNC(N)=NCCc2ccc(F)cc2C)cc1.I. The molecule has 0 atom stereocenters. The number of hydrogen-bond donors (Lipinski definition) is 2. The van der Waals surface area contributed by atoms with Gasteiger partial charge in [-0.25, -0.2) is 4.39 Å². The molecule has 0 saturated carbocycles. The highest BCUT2D eigenvalue weighted by Crippen LogP contribution is 2.12. The first-order valence-corrected chi connectivity index (χ1v) is 8.00. The van der Waals surface area contributed by atoms with E-state index < -0.39 is 0 Å². The Bertz CT molecular complexity index is 690. The first kappa shape index (κ1) is 21.2. The van der Waals surface area contributed by atoms with Gasteiger partial charge in [0.1, 0.15) is 11.6 Å². The van der Waals surface area contributed by atoms with Crippen LogP contribution in [0.2, 0.25) is 0 Å². The standard InChI is InChI=1S/C19H24FN3O.HI/c1-14-13-17(20)6-5-16(14)10-12-23-19(21)22-11-9-15-3-7-18(24-2)8-4-15;/h3-8,13H,9-12H2,1-2H3,(H3,21,22,23);1H. The molecule has 0 fully saturated rings. The maximum absolute atomic E-state index is 13.1. The van der Waals surface area contributed by atoms with Crippen LogP contribution in [0.25, 0.3) is 0 Å². The number of guanidine groups is 1. The number of aryl methyl sites for hydroxylation is 1. The summed E-state index contributed by atoms with van der Waals surface area (Å²) in [6.07, 6.45) is 1.60. The Labute approximate surface area is 165 Å². The Morgan fingerprint density at radius 2 is 1.88 bits per heavy atom. The van der Waals surface area contributed by atoms with Crippen molar-refractivity contribution in [1.29, 1.82) is 0 Å². The highest BCUT2D eigenvalue weighted by atomic mass is 127. The number of methoxy groups -OCH3 is 1. The van der Waals surface area contributed by atoms with Gasteiger partial charge < -0.3 is 15.8 Å². The molecule has 0 aliphatic rings. The summed E-state index contributed by atoms with van der Waals surface area (Å²) in [5.74, 6) is 1.08. The van der Waals surface area contributed by atoms with Gasteiger partial charge in [0, 0.05) is 13.1 Å². The molecule has 0 aliphatic heterocycles. The van der Waals surface area contributed by atoms with Gasteiger partial charge in [-0.1, -0.05) is 18.2 Å². The molecule has 0 aromatic heterocycles. The molecule has 0 heterocycles. The van der Waals surface area contributed by atoms with Crippen LogP contribution in [0, 0.1) is 12.7 Å². The molecule has 0 radical (unpaired) electrons. The van der Waals surface area contributed by atoms with Gasteiger partial charge >= 0.3 is 0 Å². The van der Waals surface area contributed by atoms with Crippen molar-refractivity contribution in [1.82, 2.24) is 5.32 Å². The van der Waals surface area contributed by atoms with Crippen molar-refractivity contribution in [2.75, 3.05) is 20.2 Å². The molecule has 3 N–H and O–H groups in total. The fourth-order valence-electron chi connectivity index (χ4n) is 2.42. The van der Waals surface area contributed by atoms with Gasteiger partial charge in [-0.05, 0) is 60.7 Å². The predicted molar refractivity (Wildman–Crippen MR) is 111 cm³/mol. The number of nitrogens with zero attached hydrogens (tertiary/aromatic N) is 1. The molecule has 136 valence electrons. The van der Waals surface area contributed by atoms with Crippen LogP contribution >= 0.6 is 24.0 Å². The van der Waals surface area contributed by atoms with Crippen molar-refractivity contribution in [2.24, 2.45) is 10.7 Å². The monoisotopic (exact) mass is 457 g/mol. The molecular weight excluding hydrogens is 432 g/mol. The Morgan fingerprint density at radius 1 is 1.16 bits per heavy atom. The van der Waals surface area contributed by atoms with Crippen molar-refractivity contribution in [3.8, 4) is 5.75 Å². The zero-order valence-corrected chi connectivity index (χ0v) is 16.9. The molecule has 0 saturated heterocycles. The first-order valence-electron chi connectivity index (χ1n) is 8.00. The van der Waals surface area contributed by atoms with Crippen molar-refractivity contribution in [2.45, 2.75) is 19.8 Å². The summed E-state index contributed by atoms with van der Waals surface area (Å²) in [5.41, 5.74) is 9.11. The number of hydrogen-bond acceptors (Lipinski definition) is 2. The van der Waals surface area contributed by atoms with E-state index in [-0.39, 0.29) is 29.8 Å². The third-order valence-corrected chi connectivity index (χ3v) is 3.85. The third-order valence-electron chi connectivity index (χ3n) is 3.85. The van der Waals surface area contributed by atoms with Gasteiger partial charge in [0.25, 0.3) is 0 Å². The van der Waals surface area contributed by atoms with Gasteiger partial charge in [-0.2, -0.15) is 0 Å². The molecule has 2 aromatic rings. The molecule has 2 aromatic carbocycles. The lowest BCUT2D eigenvalue weighted by atomic mass is 10.1.